The quantitative estimate of drug-likeness (QED) is 0.369. The highest BCUT2D eigenvalue weighted by Gasteiger charge is 1.87. The fourth-order valence-electron chi connectivity index (χ4n) is 1.33. The lowest BCUT2D eigenvalue weighted by atomic mass is 10.1. The molecule has 0 amide bonds. The van der Waals surface area contributed by atoms with Gasteiger partial charge in [-0.3, -0.25) is 0 Å². The van der Waals surface area contributed by atoms with Gasteiger partial charge in [0.05, 0.1) is 0 Å². The minimum atomic E-state index is 1.25. The Hall–Kier alpha value is -0.520. The highest BCUT2D eigenvalue weighted by atomic mass is 13.9. The van der Waals surface area contributed by atoms with Crippen molar-refractivity contribution in [2.24, 2.45) is 0 Å². The molecule has 0 atom stereocenters. The first kappa shape index (κ1) is 12.5. The Balaban J connectivity index is 2.99. The summed E-state index contributed by atoms with van der Waals surface area (Å²) >= 11 is 0. The van der Waals surface area contributed by atoms with Crippen LogP contribution in [-0.4, -0.2) is 0 Å². The maximum Gasteiger partial charge on any atom is -0.0348 e. The second kappa shape index (κ2) is 11.5. The number of rotatable bonds is 8. The molecule has 76 valence electrons. The molecule has 0 aliphatic rings. The fraction of sp³-hybridized carbons (Fsp3) is 0.692. The maximum atomic E-state index is 2.26. The average Bonchev–Trinajstić information content (AvgIpc) is 2.16. The molecular weight excluding hydrogens is 156 g/mol. The Labute approximate surface area is 83.7 Å². The van der Waals surface area contributed by atoms with Gasteiger partial charge in [0.2, 0.25) is 0 Å². The molecule has 0 bridgehead atoms. The molecule has 0 fully saturated rings. The largest absolute Gasteiger partial charge is 0.0877 e. The van der Waals surface area contributed by atoms with Gasteiger partial charge in [0, 0.05) is 0 Å². The van der Waals surface area contributed by atoms with E-state index in [9.17, 15) is 0 Å². The first-order valence-corrected chi connectivity index (χ1v) is 5.69. The molecular formula is C13H24. The molecule has 0 heteroatoms. The summed E-state index contributed by atoms with van der Waals surface area (Å²) in [6.07, 6.45) is 18.2. The fourth-order valence-corrected chi connectivity index (χ4v) is 1.33. The topological polar surface area (TPSA) is 0 Å². The van der Waals surface area contributed by atoms with Gasteiger partial charge in [-0.2, -0.15) is 0 Å². The predicted octanol–water partition coefficient (Wildman–Crippen LogP) is 4.87. The van der Waals surface area contributed by atoms with Crippen molar-refractivity contribution in [3.63, 3.8) is 0 Å². The van der Waals surface area contributed by atoms with Crippen molar-refractivity contribution in [3.8, 4) is 0 Å². The molecule has 0 unspecified atom stereocenters. The minimum Gasteiger partial charge on any atom is -0.0877 e. The van der Waals surface area contributed by atoms with Crippen LogP contribution in [0.1, 0.15) is 58.8 Å². The van der Waals surface area contributed by atoms with E-state index in [1.165, 1.54) is 44.9 Å². The number of allylic oxidation sites excluding steroid dienone is 4. The molecule has 0 aromatic rings. The number of hydrogen-bond acceptors (Lipinski definition) is 0. The normalized spacial score (nSPS) is 11.8. The van der Waals surface area contributed by atoms with E-state index in [1.807, 2.05) is 0 Å². The molecule has 0 saturated carbocycles. The van der Waals surface area contributed by atoms with Crippen LogP contribution in [0.2, 0.25) is 0 Å². The lowest BCUT2D eigenvalue weighted by molar-refractivity contribution is 0.611. The van der Waals surface area contributed by atoms with Crippen molar-refractivity contribution in [1.82, 2.24) is 0 Å². The monoisotopic (exact) mass is 180 g/mol. The molecule has 13 heavy (non-hydrogen) atoms. The van der Waals surface area contributed by atoms with Crippen LogP contribution in [0.5, 0.6) is 0 Å². The van der Waals surface area contributed by atoms with E-state index in [0.717, 1.165) is 0 Å². The molecule has 0 aliphatic carbocycles. The second-order valence-corrected chi connectivity index (χ2v) is 3.51. The summed E-state index contributed by atoms with van der Waals surface area (Å²) in [6.45, 7) is 4.31. The van der Waals surface area contributed by atoms with E-state index in [-0.39, 0.29) is 0 Å². The summed E-state index contributed by atoms with van der Waals surface area (Å²) in [6, 6.07) is 0. The van der Waals surface area contributed by atoms with Crippen LogP contribution in [0.3, 0.4) is 0 Å². The summed E-state index contributed by atoms with van der Waals surface area (Å²) in [5, 5.41) is 0. The Morgan fingerprint density at radius 2 is 1.54 bits per heavy atom. The zero-order chi connectivity index (χ0) is 9.78. The standard InChI is InChI=1S/C13H24/c1-3-5-7-9-11-13-12-10-8-6-4-2/h3,5,7,9H,4,6,8,10-13H2,1-2H3/b5-3-,9-7+. The van der Waals surface area contributed by atoms with Gasteiger partial charge in [-0.15, -0.1) is 0 Å². The molecule has 0 nitrogen and oxygen atoms in total. The van der Waals surface area contributed by atoms with Crippen molar-refractivity contribution in [2.45, 2.75) is 58.8 Å². The van der Waals surface area contributed by atoms with Gasteiger partial charge >= 0.3 is 0 Å². The van der Waals surface area contributed by atoms with Crippen molar-refractivity contribution < 1.29 is 0 Å². The molecule has 0 radical (unpaired) electrons. The van der Waals surface area contributed by atoms with Crippen molar-refractivity contribution in [1.29, 1.82) is 0 Å². The second-order valence-electron chi connectivity index (χ2n) is 3.51. The van der Waals surface area contributed by atoms with Gasteiger partial charge in [0.15, 0.2) is 0 Å². The van der Waals surface area contributed by atoms with Gasteiger partial charge in [-0.1, -0.05) is 63.3 Å². The summed E-state index contributed by atoms with van der Waals surface area (Å²) in [4.78, 5) is 0. The minimum absolute atomic E-state index is 1.25. The lowest BCUT2D eigenvalue weighted by Gasteiger charge is -1.97. The lowest BCUT2D eigenvalue weighted by Crippen LogP contribution is -1.77. The van der Waals surface area contributed by atoms with E-state index in [4.69, 9.17) is 0 Å². The van der Waals surface area contributed by atoms with E-state index >= 15 is 0 Å². The van der Waals surface area contributed by atoms with Gasteiger partial charge in [0.25, 0.3) is 0 Å². The van der Waals surface area contributed by atoms with Gasteiger partial charge in [-0.25, -0.2) is 0 Å². The van der Waals surface area contributed by atoms with Gasteiger partial charge in [-0.05, 0) is 19.8 Å². The first-order chi connectivity index (χ1) is 6.41. The predicted molar refractivity (Wildman–Crippen MR) is 61.9 cm³/mol. The van der Waals surface area contributed by atoms with Crippen molar-refractivity contribution >= 4 is 0 Å². The molecule has 0 aliphatic heterocycles. The molecule has 0 saturated heterocycles. The van der Waals surface area contributed by atoms with E-state index in [2.05, 4.69) is 38.2 Å². The van der Waals surface area contributed by atoms with E-state index in [0.29, 0.717) is 0 Å². The third-order valence-electron chi connectivity index (χ3n) is 2.16. The Morgan fingerprint density at radius 1 is 0.846 bits per heavy atom. The van der Waals surface area contributed by atoms with E-state index in [1.54, 1.807) is 0 Å². The van der Waals surface area contributed by atoms with Gasteiger partial charge < -0.3 is 0 Å². The summed E-state index contributed by atoms with van der Waals surface area (Å²) in [5.41, 5.74) is 0. The van der Waals surface area contributed by atoms with Crippen LogP contribution in [0.25, 0.3) is 0 Å². The Bertz CT molecular complexity index is 131. The van der Waals surface area contributed by atoms with Crippen LogP contribution in [0, 0.1) is 0 Å². The zero-order valence-electron chi connectivity index (χ0n) is 9.26. The highest BCUT2D eigenvalue weighted by molar-refractivity contribution is 5.00. The number of unbranched alkanes of at least 4 members (excludes halogenated alkanes) is 6. The van der Waals surface area contributed by atoms with Crippen molar-refractivity contribution in [3.05, 3.63) is 24.3 Å². The van der Waals surface area contributed by atoms with Crippen molar-refractivity contribution in [2.75, 3.05) is 0 Å². The summed E-state index contributed by atoms with van der Waals surface area (Å²) in [7, 11) is 0. The third kappa shape index (κ3) is 11.5. The SMILES string of the molecule is C/C=C\C=C\CCCCCCCC. The highest BCUT2D eigenvalue weighted by Crippen LogP contribution is 2.06. The van der Waals surface area contributed by atoms with Crippen LogP contribution < -0.4 is 0 Å². The zero-order valence-corrected chi connectivity index (χ0v) is 9.26. The molecule has 0 rings (SSSR count). The molecule has 0 heterocycles. The smallest absolute Gasteiger partial charge is 0.0348 e. The van der Waals surface area contributed by atoms with E-state index < -0.39 is 0 Å². The average molecular weight is 180 g/mol. The van der Waals surface area contributed by atoms with Crippen LogP contribution in [0.4, 0.5) is 0 Å². The Kier molecular flexibility index (Phi) is 11.0. The first-order valence-electron chi connectivity index (χ1n) is 5.69. The van der Waals surface area contributed by atoms with Crippen LogP contribution in [0.15, 0.2) is 24.3 Å². The summed E-state index contributed by atoms with van der Waals surface area (Å²) < 4.78 is 0. The molecule has 0 aromatic heterocycles. The third-order valence-corrected chi connectivity index (χ3v) is 2.16. The molecule has 0 aromatic carbocycles. The van der Waals surface area contributed by atoms with Gasteiger partial charge in [0.1, 0.15) is 0 Å². The maximum absolute atomic E-state index is 2.26. The van der Waals surface area contributed by atoms with Crippen LogP contribution >= 0.6 is 0 Å². The number of hydrogen-bond donors (Lipinski definition) is 0. The Morgan fingerprint density at radius 3 is 2.23 bits per heavy atom. The van der Waals surface area contributed by atoms with Crippen LogP contribution in [-0.2, 0) is 0 Å². The molecule has 0 N–H and O–H groups in total. The summed E-state index contributed by atoms with van der Waals surface area (Å²) in [5.74, 6) is 0. The molecule has 0 spiro atoms.